The Morgan fingerprint density at radius 2 is 2.17 bits per heavy atom. The molecule has 100 valence electrons. The SMILES string of the molecule is CCC(C)C(N)C(=O)NCc1ccc(Br)cc1C. The largest absolute Gasteiger partial charge is 0.351 e. The third kappa shape index (κ3) is 4.10. The molecule has 1 aromatic carbocycles. The third-order valence-corrected chi connectivity index (χ3v) is 3.81. The lowest BCUT2D eigenvalue weighted by Gasteiger charge is -2.18. The molecule has 0 aliphatic rings. The van der Waals surface area contributed by atoms with Crippen LogP contribution in [0, 0.1) is 12.8 Å². The van der Waals surface area contributed by atoms with Gasteiger partial charge >= 0.3 is 0 Å². The molecule has 0 fully saturated rings. The Morgan fingerprint density at radius 3 is 2.72 bits per heavy atom. The Balaban J connectivity index is 2.57. The van der Waals surface area contributed by atoms with Crippen molar-refractivity contribution < 1.29 is 4.79 Å². The standard InChI is InChI=1S/C14H21BrN2O/c1-4-9(2)13(16)14(18)17-8-11-5-6-12(15)7-10(11)3/h5-7,9,13H,4,8,16H2,1-3H3,(H,17,18). The van der Waals surface area contributed by atoms with Crippen LogP contribution in [0.2, 0.25) is 0 Å². The number of halogens is 1. The maximum atomic E-state index is 11.8. The maximum Gasteiger partial charge on any atom is 0.237 e. The molecule has 18 heavy (non-hydrogen) atoms. The third-order valence-electron chi connectivity index (χ3n) is 3.32. The normalized spacial score (nSPS) is 14.1. The zero-order valence-electron chi connectivity index (χ0n) is 11.2. The lowest BCUT2D eigenvalue weighted by Crippen LogP contribution is -2.44. The zero-order valence-corrected chi connectivity index (χ0v) is 12.8. The topological polar surface area (TPSA) is 55.1 Å². The number of benzene rings is 1. The summed E-state index contributed by atoms with van der Waals surface area (Å²) < 4.78 is 1.05. The summed E-state index contributed by atoms with van der Waals surface area (Å²) in [4.78, 5) is 11.8. The van der Waals surface area contributed by atoms with E-state index in [9.17, 15) is 4.79 Å². The van der Waals surface area contributed by atoms with Crippen LogP contribution in [-0.4, -0.2) is 11.9 Å². The number of nitrogens with two attached hydrogens (primary N) is 1. The van der Waals surface area contributed by atoms with E-state index in [0.29, 0.717) is 6.54 Å². The van der Waals surface area contributed by atoms with Gasteiger partial charge in [0.25, 0.3) is 0 Å². The van der Waals surface area contributed by atoms with Crippen LogP contribution in [-0.2, 0) is 11.3 Å². The van der Waals surface area contributed by atoms with Crippen molar-refractivity contribution in [2.45, 2.75) is 39.8 Å². The molecule has 0 aliphatic carbocycles. The van der Waals surface area contributed by atoms with Crippen LogP contribution in [0.1, 0.15) is 31.4 Å². The van der Waals surface area contributed by atoms with E-state index in [1.54, 1.807) is 0 Å². The molecule has 1 amide bonds. The zero-order chi connectivity index (χ0) is 13.7. The highest BCUT2D eigenvalue weighted by Crippen LogP contribution is 2.15. The van der Waals surface area contributed by atoms with E-state index in [4.69, 9.17) is 5.73 Å². The predicted molar refractivity (Wildman–Crippen MR) is 78.2 cm³/mol. The van der Waals surface area contributed by atoms with E-state index in [-0.39, 0.29) is 11.8 Å². The van der Waals surface area contributed by atoms with Crippen LogP contribution in [0.4, 0.5) is 0 Å². The summed E-state index contributed by atoms with van der Waals surface area (Å²) in [6.07, 6.45) is 0.909. The molecule has 3 N–H and O–H groups in total. The van der Waals surface area contributed by atoms with Gasteiger partial charge < -0.3 is 11.1 Å². The summed E-state index contributed by atoms with van der Waals surface area (Å²) in [7, 11) is 0. The summed E-state index contributed by atoms with van der Waals surface area (Å²) in [6.45, 7) is 6.59. The van der Waals surface area contributed by atoms with Gasteiger partial charge in [0.15, 0.2) is 0 Å². The predicted octanol–water partition coefficient (Wildman–Crippen LogP) is 2.75. The first-order valence-electron chi connectivity index (χ1n) is 6.24. The molecule has 4 heteroatoms. The van der Waals surface area contributed by atoms with Crippen molar-refractivity contribution in [3.8, 4) is 0 Å². The summed E-state index contributed by atoms with van der Waals surface area (Å²) >= 11 is 3.42. The second-order valence-corrected chi connectivity index (χ2v) is 5.62. The van der Waals surface area contributed by atoms with Gasteiger partial charge in [-0.3, -0.25) is 4.79 Å². The van der Waals surface area contributed by atoms with E-state index in [2.05, 4.69) is 21.2 Å². The maximum absolute atomic E-state index is 11.8. The lowest BCUT2D eigenvalue weighted by molar-refractivity contribution is -0.123. The quantitative estimate of drug-likeness (QED) is 0.878. The summed E-state index contributed by atoms with van der Waals surface area (Å²) in [5.41, 5.74) is 8.15. The number of nitrogens with one attached hydrogen (secondary N) is 1. The van der Waals surface area contributed by atoms with Crippen LogP contribution < -0.4 is 11.1 Å². The first kappa shape index (κ1) is 15.2. The smallest absolute Gasteiger partial charge is 0.237 e. The first-order chi connectivity index (χ1) is 8.45. The molecule has 3 nitrogen and oxygen atoms in total. The van der Waals surface area contributed by atoms with E-state index >= 15 is 0 Å². The highest BCUT2D eigenvalue weighted by atomic mass is 79.9. The summed E-state index contributed by atoms with van der Waals surface area (Å²) in [6, 6.07) is 5.60. The molecule has 0 heterocycles. The number of rotatable bonds is 5. The lowest BCUT2D eigenvalue weighted by atomic mass is 9.99. The van der Waals surface area contributed by atoms with Crippen LogP contribution in [0.5, 0.6) is 0 Å². The molecule has 0 bridgehead atoms. The fraction of sp³-hybridized carbons (Fsp3) is 0.500. The molecule has 1 rings (SSSR count). The minimum atomic E-state index is -0.425. The van der Waals surface area contributed by atoms with E-state index in [1.807, 2.05) is 39.0 Å². The number of amides is 1. The van der Waals surface area contributed by atoms with Gasteiger partial charge in [-0.15, -0.1) is 0 Å². The molecule has 0 saturated heterocycles. The number of hydrogen-bond acceptors (Lipinski definition) is 2. The molecule has 1 aromatic rings. The fourth-order valence-corrected chi connectivity index (χ4v) is 2.15. The molecular weight excluding hydrogens is 292 g/mol. The van der Waals surface area contributed by atoms with Crippen molar-refractivity contribution in [1.29, 1.82) is 0 Å². The van der Waals surface area contributed by atoms with Gasteiger partial charge in [-0.25, -0.2) is 0 Å². The summed E-state index contributed by atoms with van der Waals surface area (Å²) in [5.74, 6) is 0.127. The number of hydrogen-bond donors (Lipinski definition) is 2. The fourth-order valence-electron chi connectivity index (χ4n) is 1.67. The van der Waals surface area contributed by atoms with Crippen LogP contribution in [0.15, 0.2) is 22.7 Å². The van der Waals surface area contributed by atoms with Gasteiger partial charge in [-0.05, 0) is 36.1 Å². The average Bonchev–Trinajstić information content (AvgIpc) is 2.35. The van der Waals surface area contributed by atoms with Gasteiger partial charge in [0.2, 0.25) is 5.91 Å². The van der Waals surface area contributed by atoms with Crippen LogP contribution >= 0.6 is 15.9 Å². The van der Waals surface area contributed by atoms with Crippen molar-refractivity contribution >= 4 is 21.8 Å². The van der Waals surface area contributed by atoms with Gasteiger partial charge in [-0.2, -0.15) is 0 Å². The van der Waals surface area contributed by atoms with E-state index < -0.39 is 6.04 Å². The van der Waals surface area contributed by atoms with Crippen molar-refractivity contribution in [2.75, 3.05) is 0 Å². The highest BCUT2D eigenvalue weighted by Gasteiger charge is 2.18. The molecule has 2 unspecified atom stereocenters. The monoisotopic (exact) mass is 312 g/mol. The molecule has 2 atom stereocenters. The summed E-state index contributed by atoms with van der Waals surface area (Å²) in [5, 5.41) is 2.89. The Morgan fingerprint density at radius 1 is 1.50 bits per heavy atom. The van der Waals surface area contributed by atoms with Crippen molar-refractivity contribution in [2.24, 2.45) is 11.7 Å². The molecule has 0 radical (unpaired) electrons. The van der Waals surface area contributed by atoms with E-state index in [0.717, 1.165) is 22.0 Å². The molecule has 0 spiro atoms. The van der Waals surface area contributed by atoms with Gasteiger partial charge in [-0.1, -0.05) is 42.3 Å². The molecule has 0 aromatic heterocycles. The van der Waals surface area contributed by atoms with Crippen LogP contribution in [0.3, 0.4) is 0 Å². The highest BCUT2D eigenvalue weighted by molar-refractivity contribution is 9.10. The van der Waals surface area contributed by atoms with E-state index in [1.165, 1.54) is 0 Å². The minimum absolute atomic E-state index is 0.0772. The Kier molecular flexibility index (Phi) is 5.82. The van der Waals surface area contributed by atoms with Crippen LogP contribution in [0.25, 0.3) is 0 Å². The van der Waals surface area contributed by atoms with Gasteiger partial charge in [0.05, 0.1) is 6.04 Å². The second kappa shape index (κ2) is 6.90. The van der Waals surface area contributed by atoms with Crippen molar-refractivity contribution in [3.05, 3.63) is 33.8 Å². The first-order valence-corrected chi connectivity index (χ1v) is 7.03. The molecule has 0 saturated carbocycles. The Hall–Kier alpha value is -0.870. The average molecular weight is 313 g/mol. The Labute approximate surface area is 117 Å². The number of aryl methyl sites for hydroxylation is 1. The van der Waals surface area contributed by atoms with Gasteiger partial charge in [0.1, 0.15) is 0 Å². The van der Waals surface area contributed by atoms with Gasteiger partial charge in [0, 0.05) is 11.0 Å². The molecule has 0 aliphatic heterocycles. The second-order valence-electron chi connectivity index (χ2n) is 4.70. The number of carbonyl (C=O) groups is 1. The Bertz CT molecular complexity index is 420. The number of carbonyl (C=O) groups excluding carboxylic acids is 1. The minimum Gasteiger partial charge on any atom is -0.351 e. The van der Waals surface area contributed by atoms with Crippen molar-refractivity contribution in [3.63, 3.8) is 0 Å². The van der Waals surface area contributed by atoms with Crippen molar-refractivity contribution in [1.82, 2.24) is 5.32 Å². The molecular formula is C14H21BrN2O.